The van der Waals surface area contributed by atoms with Crippen molar-refractivity contribution in [3.05, 3.63) is 40.9 Å². The van der Waals surface area contributed by atoms with Crippen molar-refractivity contribution in [1.82, 2.24) is 15.1 Å². The Balaban J connectivity index is 1.57. The van der Waals surface area contributed by atoms with Crippen LogP contribution in [0, 0.1) is 0 Å². The third-order valence-electron chi connectivity index (χ3n) is 3.89. The average molecular weight is 316 g/mol. The number of anilines is 1. The Morgan fingerprint density at radius 2 is 2.18 bits per heavy atom. The van der Waals surface area contributed by atoms with Gasteiger partial charge in [0, 0.05) is 25.4 Å². The van der Waals surface area contributed by atoms with Crippen molar-refractivity contribution >= 4 is 22.5 Å². The molecule has 1 saturated heterocycles. The van der Waals surface area contributed by atoms with Crippen LogP contribution in [0.3, 0.4) is 0 Å². The van der Waals surface area contributed by atoms with Gasteiger partial charge in [-0.25, -0.2) is 4.79 Å². The number of carbonyl (C=O) groups is 1. The van der Waals surface area contributed by atoms with Crippen molar-refractivity contribution in [1.29, 1.82) is 0 Å². The number of hydrogen-bond donors (Lipinski definition) is 1. The summed E-state index contributed by atoms with van der Waals surface area (Å²) in [5.74, 6) is 0.428. The highest BCUT2D eigenvalue weighted by Crippen LogP contribution is 2.27. The fraction of sp³-hybridized carbons (Fsp3) is 0.438. The highest BCUT2D eigenvalue weighted by atomic mass is 32.1. The van der Waals surface area contributed by atoms with Crippen LogP contribution in [0.25, 0.3) is 0 Å². The molecule has 0 aliphatic carbocycles. The molecule has 1 atom stereocenters. The van der Waals surface area contributed by atoms with E-state index in [4.69, 9.17) is 0 Å². The van der Waals surface area contributed by atoms with E-state index < -0.39 is 0 Å². The molecule has 0 bridgehead atoms. The van der Waals surface area contributed by atoms with Gasteiger partial charge in [-0.15, -0.1) is 10.2 Å². The summed E-state index contributed by atoms with van der Waals surface area (Å²) in [4.78, 5) is 14.2. The summed E-state index contributed by atoms with van der Waals surface area (Å²) < 4.78 is 0. The highest BCUT2D eigenvalue weighted by molar-refractivity contribution is 7.15. The van der Waals surface area contributed by atoms with Crippen molar-refractivity contribution in [3.8, 4) is 0 Å². The van der Waals surface area contributed by atoms with E-state index in [1.54, 1.807) is 0 Å². The highest BCUT2D eigenvalue weighted by Gasteiger charge is 2.27. The molecule has 3 rings (SSSR count). The third-order valence-corrected chi connectivity index (χ3v) is 4.79. The molecule has 22 heavy (non-hydrogen) atoms. The average Bonchev–Trinajstić information content (AvgIpc) is 3.18. The Morgan fingerprint density at radius 1 is 1.36 bits per heavy atom. The minimum Gasteiger partial charge on any atom is -0.324 e. The molecule has 1 aliphatic heterocycles. The lowest BCUT2D eigenvalue weighted by Gasteiger charge is -2.16. The van der Waals surface area contributed by atoms with Crippen LogP contribution >= 0.6 is 11.3 Å². The van der Waals surface area contributed by atoms with E-state index in [1.807, 2.05) is 11.0 Å². The predicted octanol–water partition coefficient (Wildman–Crippen LogP) is 3.51. The number of rotatable bonds is 4. The van der Waals surface area contributed by atoms with Gasteiger partial charge in [-0.3, -0.25) is 5.32 Å². The second-order valence-corrected chi connectivity index (χ2v) is 6.59. The smallest absolute Gasteiger partial charge is 0.323 e. The van der Waals surface area contributed by atoms with Crippen LogP contribution in [-0.4, -0.2) is 34.2 Å². The van der Waals surface area contributed by atoms with Crippen molar-refractivity contribution in [2.24, 2.45) is 0 Å². The second kappa shape index (κ2) is 6.87. The van der Waals surface area contributed by atoms with Crippen LogP contribution in [0.1, 0.15) is 36.3 Å². The molecule has 0 radical (unpaired) electrons. The summed E-state index contributed by atoms with van der Waals surface area (Å²) in [5.41, 5.74) is 1.30. The topological polar surface area (TPSA) is 58.1 Å². The summed E-state index contributed by atoms with van der Waals surface area (Å²) in [7, 11) is 0. The summed E-state index contributed by atoms with van der Waals surface area (Å²) in [6, 6.07) is 10.3. The van der Waals surface area contributed by atoms with Crippen LogP contribution in [0.2, 0.25) is 0 Å². The number of nitrogens with zero attached hydrogens (tertiary/aromatic N) is 3. The monoisotopic (exact) mass is 316 g/mol. The van der Waals surface area contributed by atoms with Crippen molar-refractivity contribution in [2.45, 2.75) is 32.1 Å². The summed E-state index contributed by atoms with van der Waals surface area (Å²) in [6.45, 7) is 3.65. The number of aryl methyl sites for hydroxylation is 1. The number of hydrogen-bond acceptors (Lipinski definition) is 4. The molecule has 1 N–H and O–H groups in total. The molecule has 2 aromatic rings. The lowest BCUT2D eigenvalue weighted by molar-refractivity contribution is 0.222. The molecule has 1 aromatic carbocycles. The number of benzene rings is 1. The second-order valence-electron chi connectivity index (χ2n) is 5.52. The van der Waals surface area contributed by atoms with Crippen LogP contribution in [-0.2, 0) is 6.42 Å². The molecule has 6 heteroatoms. The van der Waals surface area contributed by atoms with Crippen molar-refractivity contribution < 1.29 is 4.79 Å². The van der Waals surface area contributed by atoms with E-state index in [1.165, 1.54) is 16.9 Å². The normalized spacial score (nSPS) is 17.7. The fourth-order valence-corrected chi connectivity index (χ4v) is 3.56. The van der Waals surface area contributed by atoms with Gasteiger partial charge in [-0.1, -0.05) is 48.6 Å². The van der Waals surface area contributed by atoms with E-state index in [0.29, 0.717) is 11.0 Å². The fourth-order valence-electron chi connectivity index (χ4n) is 2.73. The Labute approximate surface area is 134 Å². The predicted molar refractivity (Wildman–Crippen MR) is 88.3 cm³/mol. The third kappa shape index (κ3) is 3.44. The molecule has 1 fully saturated rings. The first kappa shape index (κ1) is 15.0. The number of nitrogens with one attached hydrogen (secondary N) is 1. The van der Waals surface area contributed by atoms with E-state index in [0.717, 1.165) is 37.4 Å². The maximum absolute atomic E-state index is 12.3. The van der Waals surface area contributed by atoms with Gasteiger partial charge in [0.1, 0.15) is 5.01 Å². The zero-order chi connectivity index (χ0) is 15.4. The molecule has 2 amide bonds. The molecule has 2 heterocycles. The SMILES string of the molecule is CCCc1nnc(NC(=O)N2CCC(c3ccccc3)C2)s1. The maximum atomic E-state index is 12.3. The minimum atomic E-state index is -0.0716. The zero-order valence-corrected chi connectivity index (χ0v) is 13.5. The van der Waals surface area contributed by atoms with Crippen molar-refractivity contribution in [2.75, 3.05) is 18.4 Å². The first-order chi connectivity index (χ1) is 10.8. The molecule has 0 spiro atoms. The van der Waals surface area contributed by atoms with Gasteiger partial charge < -0.3 is 4.90 Å². The van der Waals surface area contributed by atoms with E-state index in [-0.39, 0.29) is 6.03 Å². The van der Waals surface area contributed by atoms with E-state index >= 15 is 0 Å². The largest absolute Gasteiger partial charge is 0.324 e. The molecule has 0 saturated carbocycles. The van der Waals surface area contributed by atoms with E-state index in [9.17, 15) is 4.79 Å². The molecular weight excluding hydrogens is 296 g/mol. The van der Waals surface area contributed by atoms with Gasteiger partial charge >= 0.3 is 6.03 Å². The van der Waals surface area contributed by atoms with Crippen LogP contribution < -0.4 is 5.32 Å². The molecule has 116 valence electrons. The number of likely N-dealkylation sites (tertiary alicyclic amines) is 1. The molecule has 1 unspecified atom stereocenters. The molecule has 1 aromatic heterocycles. The van der Waals surface area contributed by atoms with Gasteiger partial charge in [-0.05, 0) is 18.4 Å². The Hall–Kier alpha value is -1.95. The quantitative estimate of drug-likeness (QED) is 0.939. The van der Waals surface area contributed by atoms with Gasteiger partial charge in [0.2, 0.25) is 5.13 Å². The molecular formula is C16H20N4OS. The number of aromatic nitrogens is 2. The summed E-state index contributed by atoms with van der Waals surface area (Å²) >= 11 is 1.46. The van der Waals surface area contributed by atoms with Gasteiger partial charge in [0.15, 0.2) is 0 Å². The van der Waals surface area contributed by atoms with E-state index in [2.05, 4.69) is 46.7 Å². The number of carbonyl (C=O) groups excluding carboxylic acids is 1. The Kier molecular flexibility index (Phi) is 4.68. The van der Waals surface area contributed by atoms with Crippen LogP contribution in [0.15, 0.2) is 30.3 Å². The summed E-state index contributed by atoms with van der Waals surface area (Å²) in [5, 5.41) is 12.6. The number of urea groups is 1. The maximum Gasteiger partial charge on any atom is 0.323 e. The zero-order valence-electron chi connectivity index (χ0n) is 12.7. The van der Waals surface area contributed by atoms with Crippen LogP contribution in [0.4, 0.5) is 9.93 Å². The number of amides is 2. The Morgan fingerprint density at radius 3 is 2.95 bits per heavy atom. The Bertz CT molecular complexity index is 628. The molecule has 5 nitrogen and oxygen atoms in total. The van der Waals surface area contributed by atoms with Crippen molar-refractivity contribution in [3.63, 3.8) is 0 Å². The first-order valence-corrected chi connectivity index (χ1v) is 8.51. The summed E-state index contributed by atoms with van der Waals surface area (Å²) in [6.07, 6.45) is 2.95. The van der Waals surface area contributed by atoms with Gasteiger partial charge in [-0.2, -0.15) is 0 Å². The first-order valence-electron chi connectivity index (χ1n) is 7.69. The van der Waals surface area contributed by atoms with Crippen LogP contribution in [0.5, 0.6) is 0 Å². The lowest BCUT2D eigenvalue weighted by atomic mass is 9.99. The standard InChI is InChI=1S/C16H20N4OS/c1-2-6-14-18-19-15(22-14)17-16(21)20-10-9-13(11-20)12-7-4-3-5-8-12/h3-5,7-8,13H,2,6,9-11H2,1H3,(H,17,19,21). The minimum absolute atomic E-state index is 0.0716. The van der Waals surface area contributed by atoms with Gasteiger partial charge in [0.25, 0.3) is 0 Å². The van der Waals surface area contributed by atoms with Gasteiger partial charge in [0.05, 0.1) is 0 Å². The lowest BCUT2D eigenvalue weighted by Crippen LogP contribution is -2.32. The molecule has 1 aliphatic rings.